The minimum atomic E-state index is 0.120. The number of rotatable bonds is 5. The van der Waals surface area contributed by atoms with Crippen LogP contribution in [0.5, 0.6) is 11.5 Å². The lowest BCUT2D eigenvalue weighted by Crippen LogP contribution is -2.04. The third kappa shape index (κ3) is 2.47. The average molecular weight is 224 g/mol. The number of benzene rings is 1. The van der Waals surface area contributed by atoms with Crippen LogP contribution in [0.1, 0.15) is 30.9 Å². The van der Waals surface area contributed by atoms with E-state index in [1.807, 2.05) is 19.1 Å². The lowest BCUT2D eigenvalue weighted by atomic mass is 9.94. The van der Waals surface area contributed by atoms with E-state index < -0.39 is 0 Å². The van der Waals surface area contributed by atoms with Crippen molar-refractivity contribution in [3.05, 3.63) is 23.3 Å². The Labute approximate surface area is 97.0 Å². The molecule has 3 nitrogen and oxygen atoms in total. The molecule has 3 heteroatoms. The number of aryl methyl sites for hydroxylation is 1. The largest absolute Gasteiger partial charge is 0.493 e. The normalized spacial score (nSPS) is 12.3. The lowest BCUT2D eigenvalue weighted by molar-refractivity contribution is 0.272. The molecule has 90 valence electrons. The fraction of sp³-hybridized carbons (Fsp3) is 0.538. The molecular weight excluding hydrogens is 204 g/mol. The molecule has 0 aromatic heterocycles. The summed E-state index contributed by atoms with van der Waals surface area (Å²) >= 11 is 0. The highest BCUT2D eigenvalue weighted by Gasteiger charge is 2.14. The monoisotopic (exact) mass is 224 g/mol. The van der Waals surface area contributed by atoms with Gasteiger partial charge in [0.2, 0.25) is 0 Å². The van der Waals surface area contributed by atoms with Gasteiger partial charge in [-0.05, 0) is 29.7 Å². The second kappa shape index (κ2) is 5.75. The van der Waals surface area contributed by atoms with Gasteiger partial charge in [-0.1, -0.05) is 13.8 Å². The van der Waals surface area contributed by atoms with Crippen molar-refractivity contribution in [2.24, 2.45) is 0 Å². The van der Waals surface area contributed by atoms with Crippen molar-refractivity contribution in [3.63, 3.8) is 0 Å². The zero-order chi connectivity index (χ0) is 12.1. The van der Waals surface area contributed by atoms with Crippen LogP contribution in [0.2, 0.25) is 0 Å². The molecule has 0 saturated heterocycles. The molecule has 1 aromatic rings. The summed E-state index contributed by atoms with van der Waals surface area (Å²) in [6.07, 6.45) is 0.917. The minimum Gasteiger partial charge on any atom is -0.493 e. The summed E-state index contributed by atoms with van der Waals surface area (Å²) in [5.74, 6) is 1.58. The smallest absolute Gasteiger partial charge is 0.161 e. The molecular formula is C13H20O3. The molecule has 16 heavy (non-hydrogen) atoms. The SMILES string of the molecule is CCc1cc(OC)c(OC)cc1C(C)CO. The van der Waals surface area contributed by atoms with Crippen LogP contribution >= 0.6 is 0 Å². The maximum Gasteiger partial charge on any atom is 0.161 e. The van der Waals surface area contributed by atoms with Gasteiger partial charge in [0.1, 0.15) is 0 Å². The Morgan fingerprint density at radius 2 is 1.75 bits per heavy atom. The lowest BCUT2D eigenvalue weighted by Gasteiger charge is -2.17. The van der Waals surface area contributed by atoms with Crippen LogP contribution in [0.15, 0.2) is 12.1 Å². The zero-order valence-electron chi connectivity index (χ0n) is 10.4. The van der Waals surface area contributed by atoms with E-state index in [0.29, 0.717) is 0 Å². The molecule has 0 aliphatic carbocycles. The highest BCUT2D eigenvalue weighted by molar-refractivity contribution is 5.48. The Balaban J connectivity index is 3.25. The Morgan fingerprint density at radius 1 is 1.19 bits per heavy atom. The Hall–Kier alpha value is -1.22. The molecule has 0 aliphatic heterocycles. The molecule has 0 aliphatic rings. The van der Waals surface area contributed by atoms with E-state index >= 15 is 0 Å². The number of ether oxygens (including phenoxy) is 2. The number of aliphatic hydroxyl groups is 1. The molecule has 0 spiro atoms. The van der Waals surface area contributed by atoms with Crippen molar-refractivity contribution >= 4 is 0 Å². The quantitative estimate of drug-likeness (QED) is 0.834. The number of hydrogen-bond acceptors (Lipinski definition) is 3. The van der Waals surface area contributed by atoms with Crippen molar-refractivity contribution in [3.8, 4) is 11.5 Å². The van der Waals surface area contributed by atoms with Crippen LogP contribution in [-0.4, -0.2) is 25.9 Å². The minimum absolute atomic E-state index is 0.120. The first-order valence-corrected chi connectivity index (χ1v) is 5.53. The number of aliphatic hydroxyl groups excluding tert-OH is 1. The molecule has 0 bridgehead atoms. The summed E-state index contributed by atoms with van der Waals surface area (Å²) in [5.41, 5.74) is 2.32. The van der Waals surface area contributed by atoms with Gasteiger partial charge in [-0.2, -0.15) is 0 Å². The third-order valence-corrected chi connectivity index (χ3v) is 2.83. The summed E-state index contributed by atoms with van der Waals surface area (Å²) in [6, 6.07) is 3.94. The summed E-state index contributed by atoms with van der Waals surface area (Å²) in [5, 5.41) is 9.23. The molecule has 1 unspecified atom stereocenters. The van der Waals surface area contributed by atoms with E-state index in [0.717, 1.165) is 23.5 Å². The molecule has 1 aromatic carbocycles. The number of hydrogen-bond donors (Lipinski definition) is 1. The third-order valence-electron chi connectivity index (χ3n) is 2.83. The zero-order valence-corrected chi connectivity index (χ0v) is 10.4. The second-order valence-electron chi connectivity index (χ2n) is 3.84. The summed E-state index contributed by atoms with van der Waals surface area (Å²) in [4.78, 5) is 0. The maximum absolute atomic E-state index is 9.23. The highest BCUT2D eigenvalue weighted by Crippen LogP contribution is 2.33. The van der Waals surface area contributed by atoms with E-state index in [4.69, 9.17) is 9.47 Å². The Morgan fingerprint density at radius 3 is 2.19 bits per heavy atom. The van der Waals surface area contributed by atoms with Gasteiger partial charge in [-0.25, -0.2) is 0 Å². The van der Waals surface area contributed by atoms with Crippen molar-refractivity contribution in [1.29, 1.82) is 0 Å². The Bertz CT molecular complexity index is 347. The average Bonchev–Trinajstić information content (AvgIpc) is 2.35. The van der Waals surface area contributed by atoms with Gasteiger partial charge in [-0.3, -0.25) is 0 Å². The molecule has 0 saturated carbocycles. The number of methoxy groups -OCH3 is 2. The molecule has 0 heterocycles. The van der Waals surface area contributed by atoms with Gasteiger partial charge in [0.15, 0.2) is 11.5 Å². The summed E-state index contributed by atoms with van der Waals surface area (Å²) < 4.78 is 10.5. The fourth-order valence-electron chi connectivity index (χ4n) is 1.80. The molecule has 1 rings (SSSR count). The van der Waals surface area contributed by atoms with Crippen LogP contribution in [0.3, 0.4) is 0 Å². The van der Waals surface area contributed by atoms with E-state index in [2.05, 4.69) is 6.92 Å². The van der Waals surface area contributed by atoms with Crippen molar-refractivity contribution in [2.75, 3.05) is 20.8 Å². The summed E-state index contributed by atoms with van der Waals surface area (Å²) in [6.45, 7) is 4.23. The maximum atomic E-state index is 9.23. The van der Waals surface area contributed by atoms with Crippen LogP contribution in [-0.2, 0) is 6.42 Å². The van der Waals surface area contributed by atoms with Gasteiger partial charge in [0.25, 0.3) is 0 Å². The van der Waals surface area contributed by atoms with Gasteiger partial charge in [0.05, 0.1) is 14.2 Å². The first-order chi connectivity index (χ1) is 7.67. The summed E-state index contributed by atoms with van der Waals surface area (Å²) in [7, 11) is 3.25. The molecule has 0 amide bonds. The van der Waals surface area contributed by atoms with Crippen LogP contribution in [0.4, 0.5) is 0 Å². The van der Waals surface area contributed by atoms with E-state index in [1.54, 1.807) is 14.2 Å². The fourth-order valence-corrected chi connectivity index (χ4v) is 1.80. The van der Waals surface area contributed by atoms with Crippen LogP contribution < -0.4 is 9.47 Å². The first kappa shape index (κ1) is 12.8. The predicted molar refractivity (Wildman–Crippen MR) is 64.4 cm³/mol. The first-order valence-electron chi connectivity index (χ1n) is 5.53. The standard InChI is InChI=1S/C13H20O3/c1-5-10-6-12(15-3)13(16-4)7-11(10)9(2)8-14/h6-7,9,14H,5,8H2,1-4H3. The van der Waals surface area contributed by atoms with Crippen LogP contribution in [0.25, 0.3) is 0 Å². The Kier molecular flexibility index (Phi) is 4.62. The highest BCUT2D eigenvalue weighted by atomic mass is 16.5. The molecule has 1 atom stereocenters. The van der Waals surface area contributed by atoms with Gasteiger partial charge >= 0.3 is 0 Å². The second-order valence-corrected chi connectivity index (χ2v) is 3.84. The molecule has 1 N–H and O–H groups in total. The predicted octanol–water partition coefficient (Wildman–Crippen LogP) is 2.36. The molecule has 0 fully saturated rings. The van der Waals surface area contributed by atoms with E-state index in [1.165, 1.54) is 5.56 Å². The van der Waals surface area contributed by atoms with Crippen molar-refractivity contribution in [2.45, 2.75) is 26.2 Å². The van der Waals surface area contributed by atoms with Crippen molar-refractivity contribution < 1.29 is 14.6 Å². The van der Waals surface area contributed by atoms with Gasteiger partial charge < -0.3 is 14.6 Å². The van der Waals surface area contributed by atoms with Crippen LogP contribution in [0, 0.1) is 0 Å². The van der Waals surface area contributed by atoms with Gasteiger partial charge in [0, 0.05) is 12.5 Å². The topological polar surface area (TPSA) is 38.7 Å². The molecule has 0 radical (unpaired) electrons. The van der Waals surface area contributed by atoms with Crippen molar-refractivity contribution in [1.82, 2.24) is 0 Å². The van der Waals surface area contributed by atoms with E-state index in [9.17, 15) is 5.11 Å². The van der Waals surface area contributed by atoms with E-state index in [-0.39, 0.29) is 12.5 Å². The van der Waals surface area contributed by atoms with Gasteiger partial charge in [-0.15, -0.1) is 0 Å².